The first kappa shape index (κ1) is 22.4. The second kappa shape index (κ2) is 10.0. The predicted molar refractivity (Wildman–Crippen MR) is 118 cm³/mol. The molecule has 2 unspecified atom stereocenters. The van der Waals surface area contributed by atoms with Gasteiger partial charge in [0.15, 0.2) is 10.9 Å². The molecule has 2 heterocycles. The van der Waals surface area contributed by atoms with E-state index in [1.165, 1.54) is 5.57 Å². The molecule has 28 heavy (non-hydrogen) atoms. The molecule has 1 aliphatic rings. The molecule has 2 aromatic rings. The number of thiazole rings is 1. The predicted octanol–water partition coefficient (Wildman–Crippen LogP) is 5.48. The lowest BCUT2D eigenvalue weighted by molar-refractivity contribution is 0.0980. The summed E-state index contributed by atoms with van der Waals surface area (Å²) in [4.78, 5) is 19.7. The number of nitrogens with zero attached hydrogens (tertiary/aromatic N) is 2. The van der Waals surface area contributed by atoms with Crippen molar-refractivity contribution in [2.45, 2.75) is 59.0 Å². The molecule has 2 atom stereocenters. The highest BCUT2D eigenvalue weighted by Gasteiger charge is 2.37. The summed E-state index contributed by atoms with van der Waals surface area (Å²) in [5, 5.41) is 0.963. The largest absolute Gasteiger partial charge is 0.496 e. The Kier molecular flexibility index (Phi) is 8.01. The van der Waals surface area contributed by atoms with Crippen LogP contribution >= 0.6 is 11.3 Å². The molecule has 5 nitrogen and oxygen atoms in total. The number of anilines is 1. The van der Waals surface area contributed by atoms with Gasteiger partial charge in [-0.3, -0.25) is 4.79 Å². The first-order valence-corrected chi connectivity index (χ1v) is 10.6. The number of ether oxygens (including phenoxy) is 2. The van der Waals surface area contributed by atoms with Crippen LogP contribution in [0.2, 0.25) is 0 Å². The molecule has 0 radical (unpaired) electrons. The summed E-state index contributed by atoms with van der Waals surface area (Å²) in [6.07, 6.45) is 2.45. The Labute approximate surface area is 172 Å². The molecule has 1 fully saturated rings. The van der Waals surface area contributed by atoms with Gasteiger partial charge >= 0.3 is 0 Å². The maximum Gasteiger partial charge on any atom is 0.187 e. The molecule has 0 amide bonds. The molecular weight excluding hydrogens is 372 g/mol. The summed E-state index contributed by atoms with van der Waals surface area (Å²) in [7, 11) is 3.34. The normalized spacial score (nSPS) is 18.3. The molecule has 1 aromatic heterocycles. The Hall–Kier alpha value is -1.92. The molecule has 0 spiro atoms. The van der Waals surface area contributed by atoms with Crippen LogP contribution in [0.4, 0.5) is 5.13 Å². The average Bonchev–Trinajstić information content (AvgIpc) is 3.02. The molecule has 1 aromatic carbocycles. The van der Waals surface area contributed by atoms with Gasteiger partial charge in [-0.2, -0.15) is 0 Å². The van der Waals surface area contributed by atoms with Crippen LogP contribution in [0.3, 0.4) is 0 Å². The zero-order chi connectivity index (χ0) is 20.8. The third kappa shape index (κ3) is 4.92. The van der Waals surface area contributed by atoms with Gasteiger partial charge in [0, 0.05) is 19.6 Å². The molecule has 6 heteroatoms. The number of hydrogen-bond acceptors (Lipinski definition) is 6. The Morgan fingerprint density at radius 3 is 2.57 bits per heavy atom. The summed E-state index contributed by atoms with van der Waals surface area (Å²) < 4.78 is 11.7. The van der Waals surface area contributed by atoms with E-state index >= 15 is 0 Å². The van der Waals surface area contributed by atoms with E-state index in [0.717, 1.165) is 28.2 Å². The molecule has 3 rings (SSSR count). The van der Waals surface area contributed by atoms with Gasteiger partial charge in [0.2, 0.25) is 0 Å². The lowest BCUT2D eigenvalue weighted by Crippen LogP contribution is -2.56. The quantitative estimate of drug-likeness (QED) is 0.451. The van der Waals surface area contributed by atoms with Crippen molar-refractivity contribution in [1.29, 1.82) is 0 Å². The van der Waals surface area contributed by atoms with E-state index in [0.29, 0.717) is 36.4 Å². The van der Waals surface area contributed by atoms with Crippen molar-refractivity contribution in [3.8, 4) is 5.75 Å². The average molecular weight is 405 g/mol. The molecule has 0 bridgehead atoms. The number of carbonyl (C=O) groups is 1. The first-order valence-electron chi connectivity index (χ1n) is 9.74. The minimum Gasteiger partial charge on any atom is -0.496 e. The maximum absolute atomic E-state index is 12.6. The molecule has 1 saturated heterocycles. The van der Waals surface area contributed by atoms with Crippen molar-refractivity contribution in [3.63, 3.8) is 0 Å². The van der Waals surface area contributed by atoms with Crippen molar-refractivity contribution >= 4 is 32.5 Å². The fraction of sp³-hybridized carbons (Fsp3) is 0.545. The molecule has 0 N–H and O–H groups in total. The second-order valence-corrected chi connectivity index (χ2v) is 8.45. The first-order chi connectivity index (χ1) is 13.3. The number of benzene rings is 1. The van der Waals surface area contributed by atoms with Crippen molar-refractivity contribution < 1.29 is 14.3 Å². The highest BCUT2D eigenvalue weighted by atomic mass is 32.1. The van der Waals surface area contributed by atoms with Gasteiger partial charge in [-0.25, -0.2) is 4.98 Å². The SMILES string of the molecule is C=C(C)C.CCCC(=O)c1c(OC)ccc2nc(N3C(C)CC3COC)sc12. The van der Waals surface area contributed by atoms with Crippen LogP contribution in [0, 0.1) is 0 Å². The van der Waals surface area contributed by atoms with Crippen LogP contribution in [0.1, 0.15) is 57.3 Å². The van der Waals surface area contributed by atoms with Crippen molar-refractivity contribution in [3.05, 3.63) is 29.8 Å². The number of fused-ring (bicyclic) bond motifs is 1. The van der Waals surface area contributed by atoms with Gasteiger partial charge < -0.3 is 14.4 Å². The van der Waals surface area contributed by atoms with E-state index in [1.807, 2.05) is 32.9 Å². The van der Waals surface area contributed by atoms with Gasteiger partial charge in [-0.1, -0.05) is 23.8 Å². The highest BCUT2D eigenvalue weighted by Crippen LogP contribution is 2.41. The third-order valence-electron chi connectivity index (χ3n) is 4.55. The number of Topliss-reactive ketones (excluding diaryl/α,β-unsaturated/α-hetero) is 1. The molecular formula is C22H32N2O3S. The maximum atomic E-state index is 12.6. The Morgan fingerprint density at radius 1 is 1.36 bits per heavy atom. The molecule has 154 valence electrons. The minimum absolute atomic E-state index is 0.125. The number of carbonyl (C=O) groups excluding carboxylic acids is 1. The van der Waals surface area contributed by atoms with Crippen molar-refractivity contribution in [2.24, 2.45) is 0 Å². The summed E-state index contributed by atoms with van der Waals surface area (Å²) in [5.41, 5.74) is 2.71. The molecule has 0 saturated carbocycles. The van der Waals surface area contributed by atoms with Gasteiger partial charge in [-0.15, -0.1) is 6.58 Å². The number of rotatable bonds is 7. The minimum atomic E-state index is 0.125. The van der Waals surface area contributed by atoms with Gasteiger partial charge in [0.25, 0.3) is 0 Å². The van der Waals surface area contributed by atoms with Crippen LogP contribution in [-0.4, -0.2) is 43.7 Å². The van der Waals surface area contributed by atoms with Crippen molar-refractivity contribution in [2.75, 3.05) is 25.7 Å². The second-order valence-electron chi connectivity index (χ2n) is 7.47. The zero-order valence-corrected chi connectivity index (χ0v) is 18.7. The lowest BCUT2D eigenvalue weighted by Gasteiger charge is -2.46. The Balaban J connectivity index is 0.000000640. The Bertz CT molecular complexity index is 825. The highest BCUT2D eigenvalue weighted by molar-refractivity contribution is 7.22. The number of hydrogen-bond donors (Lipinski definition) is 0. The van der Waals surface area contributed by atoms with E-state index in [4.69, 9.17) is 14.5 Å². The topological polar surface area (TPSA) is 51.7 Å². The summed E-state index contributed by atoms with van der Waals surface area (Å²) >= 11 is 1.58. The van der Waals surface area contributed by atoms with Gasteiger partial charge in [0.1, 0.15) is 5.75 Å². The van der Waals surface area contributed by atoms with Crippen LogP contribution in [0.25, 0.3) is 10.2 Å². The van der Waals surface area contributed by atoms with Crippen LogP contribution in [-0.2, 0) is 4.74 Å². The van der Waals surface area contributed by atoms with E-state index in [1.54, 1.807) is 25.6 Å². The van der Waals surface area contributed by atoms with Gasteiger partial charge in [0.05, 0.1) is 35.5 Å². The van der Waals surface area contributed by atoms with Gasteiger partial charge in [-0.05, 0) is 45.7 Å². The standard InChI is InChI=1S/C18H24N2O3S.C4H8/c1-5-6-14(21)16-15(23-4)8-7-13-17(16)24-18(19-13)20-11(2)9-12(20)10-22-3;1-4(2)3/h7-8,11-12H,5-6,9-10H2,1-4H3;1H2,2-3H3. The van der Waals surface area contributed by atoms with Crippen LogP contribution in [0.15, 0.2) is 24.3 Å². The van der Waals surface area contributed by atoms with Crippen LogP contribution in [0.5, 0.6) is 5.75 Å². The fourth-order valence-corrected chi connectivity index (χ4v) is 4.68. The Morgan fingerprint density at radius 2 is 2.04 bits per heavy atom. The fourth-order valence-electron chi connectivity index (χ4n) is 3.39. The summed E-state index contributed by atoms with van der Waals surface area (Å²) in [5.74, 6) is 0.765. The van der Waals surface area contributed by atoms with E-state index < -0.39 is 0 Å². The monoisotopic (exact) mass is 404 g/mol. The third-order valence-corrected chi connectivity index (χ3v) is 5.65. The number of methoxy groups -OCH3 is 2. The van der Waals surface area contributed by atoms with E-state index in [2.05, 4.69) is 18.4 Å². The van der Waals surface area contributed by atoms with Crippen molar-refractivity contribution in [1.82, 2.24) is 4.98 Å². The van der Waals surface area contributed by atoms with E-state index in [9.17, 15) is 4.79 Å². The number of allylic oxidation sites excluding steroid dienone is 1. The number of aromatic nitrogens is 1. The van der Waals surface area contributed by atoms with Crippen LogP contribution < -0.4 is 9.64 Å². The smallest absolute Gasteiger partial charge is 0.187 e. The molecule has 0 aliphatic carbocycles. The summed E-state index contributed by atoms with van der Waals surface area (Å²) in [6, 6.07) is 4.60. The summed E-state index contributed by atoms with van der Waals surface area (Å²) in [6.45, 7) is 12.4. The van der Waals surface area contributed by atoms with E-state index in [-0.39, 0.29) is 5.78 Å². The zero-order valence-electron chi connectivity index (χ0n) is 17.9. The lowest BCUT2D eigenvalue weighted by atomic mass is 9.96. The molecule has 1 aliphatic heterocycles. The number of ketones is 1.